The number of benzene rings is 2. The van der Waals surface area contributed by atoms with Crippen molar-refractivity contribution in [2.75, 3.05) is 19.7 Å². The predicted octanol–water partition coefficient (Wildman–Crippen LogP) is 2.87. The molecule has 0 spiro atoms. The zero-order valence-corrected chi connectivity index (χ0v) is 25.9. The number of hydrogen-bond acceptors (Lipinski definition) is 6. The highest BCUT2D eigenvalue weighted by molar-refractivity contribution is 6.38. The molecular formula is C33H36ClFN4O6. The van der Waals surface area contributed by atoms with Gasteiger partial charge in [0.1, 0.15) is 17.6 Å². The molecule has 2 aliphatic carbocycles. The highest BCUT2D eigenvalue weighted by Crippen LogP contribution is 2.64. The molecule has 2 saturated heterocycles. The average molecular weight is 639 g/mol. The lowest BCUT2D eigenvalue weighted by atomic mass is 9.94. The molecule has 3 N–H and O–H groups in total. The highest BCUT2D eigenvalue weighted by Gasteiger charge is 2.69. The molecule has 0 aromatic heterocycles. The quantitative estimate of drug-likeness (QED) is 0.324. The number of carbonyl (C=O) groups excluding carboxylic acids is 5. The summed E-state index contributed by atoms with van der Waals surface area (Å²) in [6.07, 6.45) is 2.11. The Morgan fingerprint density at radius 2 is 1.80 bits per heavy atom. The fraction of sp³-hybridized carbons (Fsp3) is 0.485. The summed E-state index contributed by atoms with van der Waals surface area (Å²) in [5.41, 5.74) is 1.35. The van der Waals surface area contributed by atoms with Crippen LogP contribution in [0.4, 0.5) is 4.39 Å². The van der Waals surface area contributed by atoms with E-state index in [0.717, 1.165) is 24.0 Å². The lowest BCUT2D eigenvalue weighted by molar-refractivity contribution is -0.144. The fourth-order valence-electron chi connectivity index (χ4n) is 6.78. The van der Waals surface area contributed by atoms with E-state index < -0.39 is 41.4 Å². The summed E-state index contributed by atoms with van der Waals surface area (Å²) in [5.74, 6) is -3.24. The lowest BCUT2D eigenvalue weighted by Crippen LogP contribution is -2.56. The smallest absolute Gasteiger partial charge is 0.289 e. The lowest BCUT2D eigenvalue weighted by Gasteiger charge is -2.31. The summed E-state index contributed by atoms with van der Waals surface area (Å²) < 4.78 is 19.3. The largest absolute Gasteiger partial charge is 0.484 e. The van der Waals surface area contributed by atoms with Crippen LogP contribution >= 0.6 is 11.6 Å². The SMILES string of the molecule is CC1(C)[C@@H]2[C@@H](C(=O)N[C@@H](C[C@@H]3CCNC3=O)C(=O)C(=O)NC3CC3)N(C(=O)COc3ccc(-c4ccc(F)c(Cl)c4)cc3)C[C@@H]21. The third kappa shape index (κ3) is 6.40. The number of hydrogen-bond donors (Lipinski definition) is 3. The molecule has 5 atom stereocenters. The number of fused-ring (bicyclic) bond motifs is 1. The molecule has 2 heterocycles. The van der Waals surface area contributed by atoms with Crippen LogP contribution in [0, 0.1) is 29.0 Å². The monoisotopic (exact) mass is 638 g/mol. The standard InChI is InChI=1S/C33H36ClFN4O6/c1-33(2)22-15-39(26(40)16-45-21-8-3-17(4-9-21)18-5-10-24(35)23(34)13-18)28(27(22)33)31(43)38-25(14-19-11-12-36-30(19)42)29(41)32(44)37-20-6-7-20/h3-5,8-10,13,19-20,22,25,27-28H,6-7,11-12,14-16H2,1-2H3,(H,36,42)(H,37,44)(H,38,43)/t19-,22-,25-,27-,28-/m0/s1. The Balaban J connectivity index is 1.12. The van der Waals surface area contributed by atoms with E-state index in [1.807, 2.05) is 13.8 Å². The zero-order chi connectivity index (χ0) is 32.0. The number of nitrogens with one attached hydrogen (secondary N) is 3. The van der Waals surface area contributed by atoms with Crippen LogP contribution in [0.15, 0.2) is 42.5 Å². The second kappa shape index (κ2) is 12.1. The van der Waals surface area contributed by atoms with E-state index in [2.05, 4.69) is 16.0 Å². The van der Waals surface area contributed by atoms with Gasteiger partial charge in [-0.2, -0.15) is 0 Å². The van der Waals surface area contributed by atoms with Crippen molar-refractivity contribution < 1.29 is 33.1 Å². The maximum atomic E-state index is 13.8. The number of likely N-dealkylation sites (tertiary alicyclic amines) is 1. The van der Waals surface area contributed by atoms with Crippen molar-refractivity contribution >= 4 is 41.0 Å². The number of rotatable bonds is 11. The number of halogens is 2. The van der Waals surface area contributed by atoms with Crippen LogP contribution in [0.1, 0.15) is 39.5 Å². The van der Waals surface area contributed by atoms with Gasteiger partial charge in [-0.15, -0.1) is 0 Å². The first-order chi connectivity index (χ1) is 21.4. The Bertz CT molecular complexity index is 1540. The van der Waals surface area contributed by atoms with Gasteiger partial charge in [0, 0.05) is 25.0 Å². The topological polar surface area (TPSA) is 134 Å². The number of Topliss-reactive ketones (excluding diaryl/α,β-unsaturated/α-hetero) is 1. The Morgan fingerprint density at radius 3 is 2.44 bits per heavy atom. The number of amides is 4. The van der Waals surface area contributed by atoms with Gasteiger partial charge >= 0.3 is 0 Å². The van der Waals surface area contributed by atoms with Gasteiger partial charge in [0.15, 0.2) is 6.61 Å². The van der Waals surface area contributed by atoms with Gasteiger partial charge in [-0.3, -0.25) is 24.0 Å². The minimum Gasteiger partial charge on any atom is -0.484 e. The first-order valence-electron chi connectivity index (χ1n) is 15.3. The van der Waals surface area contributed by atoms with Crippen molar-refractivity contribution in [3.05, 3.63) is 53.3 Å². The summed E-state index contributed by atoms with van der Waals surface area (Å²) in [6.45, 7) is 4.63. The molecule has 2 aliphatic heterocycles. The molecule has 0 radical (unpaired) electrons. The van der Waals surface area contributed by atoms with E-state index >= 15 is 0 Å². The second-order valence-electron chi connectivity index (χ2n) is 13.1. The van der Waals surface area contributed by atoms with Crippen molar-refractivity contribution in [3.63, 3.8) is 0 Å². The molecule has 4 aliphatic rings. The molecule has 2 aromatic carbocycles. The van der Waals surface area contributed by atoms with Crippen LogP contribution in [0.2, 0.25) is 5.02 Å². The number of carbonyl (C=O) groups is 5. The summed E-state index contributed by atoms with van der Waals surface area (Å²) in [7, 11) is 0. The van der Waals surface area contributed by atoms with Gasteiger partial charge in [-0.05, 0) is 78.3 Å². The molecule has 0 unspecified atom stereocenters. The number of nitrogens with zero attached hydrogens (tertiary/aromatic N) is 1. The molecule has 2 saturated carbocycles. The van der Waals surface area contributed by atoms with E-state index in [1.165, 1.54) is 17.0 Å². The summed E-state index contributed by atoms with van der Waals surface area (Å²) in [5, 5.41) is 8.20. The van der Waals surface area contributed by atoms with Gasteiger partial charge < -0.3 is 25.6 Å². The van der Waals surface area contributed by atoms with Crippen molar-refractivity contribution in [1.82, 2.24) is 20.9 Å². The van der Waals surface area contributed by atoms with E-state index in [1.54, 1.807) is 30.3 Å². The van der Waals surface area contributed by atoms with Crippen LogP contribution in [0.3, 0.4) is 0 Å². The number of ketones is 1. The first kappa shape index (κ1) is 31.0. The number of piperidine rings is 1. The van der Waals surface area contributed by atoms with Gasteiger partial charge in [-0.1, -0.05) is 43.6 Å². The molecule has 0 bridgehead atoms. The normalized spacial score (nSPS) is 25.2. The Labute approximate surface area is 265 Å². The molecular weight excluding hydrogens is 603 g/mol. The van der Waals surface area contributed by atoms with Gasteiger partial charge in [0.05, 0.1) is 11.1 Å². The van der Waals surface area contributed by atoms with Crippen LogP contribution in [-0.2, 0) is 24.0 Å². The Morgan fingerprint density at radius 1 is 1.09 bits per heavy atom. The maximum absolute atomic E-state index is 13.8. The predicted molar refractivity (Wildman–Crippen MR) is 162 cm³/mol. The third-order valence-corrected chi connectivity index (χ3v) is 10.0. The minimum absolute atomic E-state index is 0.00980. The molecule has 12 heteroatoms. The summed E-state index contributed by atoms with van der Waals surface area (Å²) in [4.78, 5) is 67.0. The summed E-state index contributed by atoms with van der Waals surface area (Å²) in [6, 6.07) is 9.30. The van der Waals surface area contributed by atoms with Crippen molar-refractivity contribution in [2.24, 2.45) is 23.2 Å². The summed E-state index contributed by atoms with van der Waals surface area (Å²) >= 11 is 5.91. The van der Waals surface area contributed by atoms with Crippen LogP contribution < -0.4 is 20.7 Å². The molecule has 45 heavy (non-hydrogen) atoms. The van der Waals surface area contributed by atoms with E-state index in [0.29, 0.717) is 25.3 Å². The fourth-order valence-corrected chi connectivity index (χ4v) is 6.96. The Hall–Kier alpha value is -3.99. The highest BCUT2D eigenvalue weighted by atomic mass is 35.5. The van der Waals surface area contributed by atoms with E-state index in [-0.39, 0.29) is 53.2 Å². The minimum atomic E-state index is -1.19. The zero-order valence-electron chi connectivity index (χ0n) is 25.1. The van der Waals surface area contributed by atoms with Gasteiger partial charge in [-0.25, -0.2) is 4.39 Å². The van der Waals surface area contributed by atoms with Crippen LogP contribution in [0.25, 0.3) is 11.1 Å². The molecule has 4 fully saturated rings. The second-order valence-corrected chi connectivity index (χ2v) is 13.5. The molecule has 2 aromatic rings. The van der Waals surface area contributed by atoms with Crippen LogP contribution in [0.5, 0.6) is 5.75 Å². The molecule has 10 nitrogen and oxygen atoms in total. The molecule has 238 valence electrons. The number of ether oxygens (including phenoxy) is 1. The van der Waals surface area contributed by atoms with Gasteiger partial charge in [0.2, 0.25) is 17.6 Å². The van der Waals surface area contributed by atoms with Crippen molar-refractivity contribution in [1.29, 1.82) is 0 Å². The first-order valence-corrected chi connectivity index (χ1v) is 15.7. The van der Waals surface area contributed by atoms with Crippen molar-refractivity contribution in [3.8, 4) is 16.9 Å². The Kier molecular flexibility index (Phi) is 8.32. The van der Waals surface area contributed by atoms with Crippen molar-refractivity contribution in [2.45, 2.75) is 57.7 Å². The molecule has 6 rings (SSSR count). The maximum Gasteiger partial charge on any atom is 0.289 e. The molecule has 4 amide bonds. The van der Waals surface area contributed by atoms with E-state index in [4.69, 9.17) is 16.3 Å². The van der Waals surface area contributed by atoms with E-state index in [9.17, 15) is 28.4 Å². The third-order valence-electron chi connectivity index (χ3n) is 9.72. The van der Waals surface area contributed by atoms with Gasteiger partial charge in [0.25, 0.3) is 11.8 Å². The average Bonchev–Trinajstić information content (AvgIpc) is 3.78. The van der Waals surface area contributed by atoms with Crippen LogP contribution in [-0.4, -0.2) is 72.1 Å².